The number of benzene rings is 1. The molecule has 0 saturated carbocycles. The van der Waals surface area contributed by atoms with E-state index in [4.69, 9.17) is 4.74 Å². The van der Waals surface area contributed by atoms with Gasteiger partial charge >= 0.3 is 6.18 Å². The number of hydrogen-bond donors (Lipinski definition) is 0. The number of carbonyl (C=O) groups excluding carboxylic acids is 1. The molecule has 0 atom stereocenters. The summed E-state index contributed by atoms with van der Waals surface area (Å²) in [6.45, 7) is 2.13. The Kier molecular flexibility index (Phi) is 4.40. The molecular formula is C16H17F3N4O2. The molecule has 0 bridgehead atoms. The van der Waals surface area contributed by atoms with Crippen LogP contribution in [0.3, 0.4) is 0 Å². The number of amides is 1. The van der Waals surface area contributed by atoms with Crippen LogP contribution in [0.1, 0.15) is 22.8 Å². The fourth-order valence-electron chi connectivity index (χ4n) is 2.90. The van der Waals surface area contributed by atoms with Gasteiger partial charge in [0.2, 0.25) is 11.7 Å². The van der Waals surface area contributed by atoms with E-state index in [0.717, 1.165) is 15.7 Å². The smallest absolute Gasteiger partial charge is 0.451 e. The molecule has 1 aromatic carbocycles. The van der Waals surface area contributed by atoms with E-state index in [9.17, 15) is 18.0 Å². The van der Waals surface area contributed by atoms with Gasteiger partial charge in [0.25, 0.3) is 0 Å². The number of aromatic nitrogens is 3. The summed E-state index contributed by atoms with van der Waals surface area (Å²) in [4.78, 5) is 14.0. The molecule has 0 spiro atoms. The second-order valence-corrected chi connectivity index (χ2v) is 5.90. The van der Waals surface area contributed by atoms with Crippen molar-refractivity contribution < 1.29 is 22.7 Å². The van der Waals surface area contributed by atoms with Crippen molar-refractivity contribution in [3.8, 4) is 5.75 Å². The second-order valence-electron chi connectivity index (χ2n) is 5.90. The van der Waals surface area contributed by atoms with Crippen LogP contribution in [0.5, 0.6) is 5.75 Å². The first-order valence-corrected chi connectivity index (χ1v) is 7.70. The zero-order valence-corrected chi connectivity index (χ0v) is 13.8. The molecule has 2 aromatic rings. The van der Waals surface area contributed by atoms with Gasteiger partial charge in [-0.2, -0.15) is 13.2 Å². The van der Waals surface area contributed by atoms with Gasteiger partial charge in [-0.05, 0) is 13.0 Å². The van der Waals surface area contributed by atoms with Crippen molar-refractivity contribution in [3.63, 3.8) is 0 Å². The third kappa shape index (κ3) is 3.45. The van der Waals surface area contributed by atoms with Crippen LogP contribution in [0.4, 0.5) is 13.2 Å². The summed E-state index contributed by atoms with van der Waals surface area (Å²) in [5.74, 6) is -0.455. The Morgan fingerprint density at radius 3 is 2.72 bits per heavy atom. The summed E-state index contributed by atoms with van der Waals surface area (Å²) in [7, 11) is 1.53. The summed E-state index contributed by atoms with van der Waals surface area (Å²) in [6.07, 6.45) is -4.43. The molecule has 1 aliphatic heterocycles. The molecular weight excluding hydrogens is 337 g/mol. The molecule has 0 radical (unpaired) electrons. The normalized spacial score (nSPS) is 14.4. The van der Waals surface area contributed by atoms with Gasteiger partial charge in [-0.1, -0.05) is 17.7 Å². The molecule has 3 rings (SSSR count). The molecule has 25 heavy (non-hydrogen) atoms. The molecule has 0 aliphatic carbocycles. The van der Waals surface area contributed by atoms with Crippen LogP contribution in [0, 0.1) is 6.92 Å². The SMILES string of the molecule is COc1ccc(C)cc1CC(=O)N1CCn2c(nnc2C(F)(F)F)C1. The van der Waals surface area contributed by atoms with Gasteiger partial charge < -0.3 is 14.2 Å². The lowest BCUT2D eigenvalue weighted by atomic mass is 10.1. The molecule has 1 aliphatic rings. The minimum atomic E-state index is -4.55. The van der Waals surface area contributed by atoms with E-state index in [1.54, 1.807) is 6.07 Å². The third-order valence-corrected chi connectivity index (χ3v) is 4.14. The third-order valence-electron chi connectivity index (χ3n) is 4.14. The fourth-order valence-corrected chi connectivity index (χ4v) is 2.90. The van der Waals surface area contributed by atoms with Gasteiger partial charge in [0.1, 0.15) is 5.75 Å². The van der Waals surface area contributed by atoms with E-state index in [2.05, 4.69) is 10.2 Å². The highest BCUT2D eigenvalue weighted by atomic mass is 19.4. The molecule has 1 amide bonds. The summed E-state index contributed by atoms with van der Waals surface area (Å²) < 4.78 is 44.9. The minimum absolute atomic E-state index is 0.00996. The first-order valence-electron chi connectivity index (χ1n) is 7.70. The first kappa shape index (κ1) is 17.2. The van der Waals surface area contributed by atoms with Gasteiger partial charge in [0.15, 0.2) is 5.82 Å². The standard InChI is InChI=1S/C16H17F3N4O2/c1-10-3-4-12(25-2)11(7-10)8-14(24)22-5-6-23-13(9-22)20-21-15(23)16(17,18)19/h3-4,7H,5-6,8-9H2,1-2H3. The minimum Gasteiger partial charge on any atom is -0.496 e. The van der Waals surface area contributed by atoms with Crippen molar-refractivity contribution in [1.29, 1.82) is 0 Å². The number of alkyl halides is 3. The fraction of sp³-hybridized carbons (Fsp3) is 0.438. The second kappa shape index (κ2) is 6.38. The predicted molar refractivity (Wildman–Crippen MR) is 81.9 cm³/mol. The Balaban J connectivity index is 1.75. The Bertz CT molecular complexity index is 801. The maximum Gasteiger partial charge on any atom is 0.451 e. The molecule has 0 N–H and O–H groups in total. The summed E-state index contributed by atoms with van der Waals surface area (Å²) in [6, 6.07) is 5.54. The highest BCUT2D eigenvalue weighted by Gasteiger charge is 2.39. The quantitative estimate of drug-likeness (QED) is 0.848. The summed E-state index contributed by atoms with van der Waals surface area (Å²) in [5.41, 5.74) is 1.74. The number of rotatable bonds is 3. The maximum absolute atomic E-state index is 12.9. The van der Waals surface area contributed by atoms with Gasteiger partial charge in [-0.25, -0.2) is 0 Å². The van der Waals surface area contributed by atoms with Crippen molar-refractivity contribution in [2.45, 2.75) is 32.6 Å². The molecule has 0 fully saturated rings. The number of fused-ring (bicyclic) bond motifs is 1. The Hall–Kier alpha value is -2.58. The molecule has 0 unspecified atom stereocenters. The van der Waals surface area contributed by atoms with Crippen LogP contribution in [0.15, 0.2) is 18.2 Å². The zero-order chi connectivity index (χ0) is 18.2. The number of halogens is 3. The average molecular weight is 354 g/mol. The average Bonchev–Trinajstić information content (AvgIpc) is 2.98. The number of nitrogens with zero attached hydrogens (tertiary/aromatic N) is 4. The van der Waals surface area contributed by atoms with Crippen molar-refractivity contribution in [2.75, 3.05) is 13.7 Å². The highest BCUT2D eigenvalue weighted by Crippen LogP contribution is 2.29. The lowest BCUT2D eigenvalue weighted by Gasteiger charge is -2.28. The Morgan fingerprint density at radius 1 is 1.28 bits per heavy atom. The van der Waals surface area contributed by atoms with Crippen LogP contribution in [-0.2, 0) is 30.5 Å². The zero-order valence-electron chi connectivity index (χ0n) is 13.8. The first-order chi connectivity index (χ1) is 11.8. The van der Waals surface area contributed by atoms with Crippen molar-refractivity contribution in [1.82, 2.24) is 19.7 Å². The number of aryl methyl sites for hydroxylation is 1. The van der Waals surface area contributed by atoms with Gasteiger partial charge in [-0.3, -0.25) is 4.79 Å². The van der Waals surface area contributed by atoms with Crippen LogP contribution in [0.2, 0.25) is 0 Å². The summed E-state index contributed by atoms with van der Waals surface area (Å²) in [5, 5.41) is 6.80. The number of hydrogen-bond acceptors (Lipinski definition) is 4. The Morgan fingerprint density at radius 2 is 2.04 bits per heavy atom. The van der Waals surface area contributed by atoms with Gasteiger partial charge in [0.05, 0.1) is 20.1 Å². The van der Waals surface area contributed by atoms with E-state index >= 15 is 0 Å². The van der Waals surface area contributed by atoms with Crippen LogP contribution in [0.25, 0.3) is 0 Å². The van der Waals surface area contributed by atoms with Gasteiger partial charge in [0, 0.05) is 18.7 Å². The number of ether oxygens (including phenoxy) is 1. The lowest BCUT2D eigenvalue weighted by Crippen LogP contribution is -2.40. The largest absolute Gasteiger partial charge is 0.496 e. The molecule has 1 aromatic heterocycles. The predicted octanol–water partition coefficient (Wildman–Crippen LogP) is 2.20. The van der Waals surface area contributed by atoms with Gasteiger partial charge in [-0.15, -0.1) is 10.2 Å². The highest BCUT2D eigenvalue weighted by molar-refractivity contribution is 5.79. The van der Waals surface area contributed by atoms with E-state index < -0.39 is 12.0 Å². The van der Waals surface area contributed by atoms with Crippen LogP contribution < -0.4 is 4.74 Å². The van der Waals surface area contributed by atoms with E-state index in [1.165, 1.54) is 12.0 Å². The van der Waals surface area contributed by atoms with Crippen molar-refractivity contribution >= 4 is 5.91 Å². The summed E-state index contributed by atoms with van der Waals surface area (Å²) >= 11 is 0. The Labute approximate surface area is 142 Å². The molecule has 2 heterocycles. The van der Waals surface area contributed by atoms with E-state index in [-0.39, 0.29) is 37.8 Å². The van der Waals surface area contributed by atoms with E-state index in [0.29, 0.717) is 5.75 Å². The molecule has 9 heteroatoms. The maximum atomic E-state index is 12.9. The molecule has 6 nitrogen and oxygen atoms in total. The number of methoxy groups -OCH3 is 1. The topological polar surface area (TPSA) is 60.2 Å². The number of carbonyl (C=O) groups is 1. The van der Waals surface area contributed by atoms with Crippen LogP contribution in [-0.4, -0.2) is 39.2 Å². The lowest BCUT2D eigenvalue weighted by molar-refractivity contribution is -0.148. The van der Waals surface area contributed by atoms with E-state index in [1.807, 2.05) is 19.1 Å². The monoisotopic (exact) mass is 354 g/mol. The molecule has 134 valence electrons. The van der Waals surface area contributed by atoms with Crippen molar-refractivity contribution in [3.05, 3.63) is 41.0 Å². The van der Waals surface area contributed by atoms with Crippen molar-refractivity contribution in [2.24, 2.45) is 0 Å². The van der Waals surface area contributed by atoms with Crippen LogP contribution >= 0.6 is 0 Å². The molecule has 0 saturated heterocycles.